The van der Waals surface area contributed by atoms with Crippen LogP contribution in [0.2, 0.25) is 0 Å². The SMILES string of the molecule is COCC(NC(=O)CCC1CCNC1)c1ccc(F)cc1. The maximum Gasteiger partial charge on any atom is 0.220 e. The van der Waals surface area contributed by atoms with Crippen molar-refractivity contribution in [1.29, 1.82) is 0 Å². The van der Waals surface area contributed by atoms with Crippen molar-refractivity contribution >= 4 is 5.91 Å². The molecule has 0 radical (unpaired) electrons. The van der Waals surface area contributed by atoms with Gasteiger partial charge < -0.3 is 15.4 Å². The molecule has 2 N–H and O–H groups in total. The van der Waals surface area contributed by atoms with Gasteiger partial charge in [-0.25, -0.2) is 4.39 Å². The Balaban J connectivity index is 1.86. The van der Waals surface area contributed by atoms with Crippen LogP contribution in [0, 0.1) is 11.7 Å². The second-order valence-corrected chi connectivity index (χ2v) is 5.52. The highest BCUT2D eigenvalue weighted by atomic mass is 19.1. The summed E-state index contributed by atoms with van der Waals surface area (Å²) < 4.78 is 18.1. The molecule has 1 aromatic rings. The Bertz CT molecular complexity index is 444. The maximum atomic E-state index is 13.0. The predicted octanol–water partition coefficient (Wildman–Crippen LogP) is 2.02. The molecule has 0 aliphatic carbocycles. The zero-order valence-corrected chi connectivity index (χ0v) is 12.4. The lowest BCUT2D eigenvalue weighted by atomic mass is 10.0. The number of hydrogen-bond donors (Lipinski definition) is 2. The molecular weight excluding hydrogens is 271 g/mol. The number of benzene rings is 1. The van der Waals surface area contributed by atoms with Crippen LogP contribution in [0.3, 0.4) is 0 Å². The Hall–Kier alpha value is -1.46. The van der Waals surface area contributed by atoms with E-state index in [1.807, 2.05) is 0 Å². The van der Waals surface area contributed by atoms with Crippen LogP contribution >= 0.6 is 0 Å². The van der Waals surface area contributed by atoms with Gasteiger partial charge in [0.15, 0.2) is 0 Å². The third kappa shape index (κ3) is 5.10. The van der Waals surface area contributed by atoms with Crippen molar-refractivity contribution in [1.82, 2.24) is 10.6 Å². The van der Waals surface area contributed by atoms with Gasteiger partial charge >= 0.3 is 0 Å². The van der Waals surface area contributed by atoms with E-state index in [2.05, 4.69) is 10.6 Å². The van der Waals surface area contributed by atoms with Gasteiger partial charge in [0.25, 0.3) is 0 Å². The van der Waals surface area contributed by atoms with E-state index in [0.717, 1.165) is 31.5 Å². The van der Waals surface area contributed by atoms with E-state index in [0.29, 0.717) is 18.9 Å². The van der Waals surface area contributed by atoms with Gasteiger partial charge in [-0.15, -0.1) is 0 Å². The number of carbonyl (C=O) groups is 1. The zero-order chi connectivity index (χ0) is 15.1. The summed E-state index contributed by atoms with van der Waals surface area (Å²) in [5.41, 5.74) is 0.856. The lowest BCUT2D eigenvalue weighted by molar-refractivity contribution is -0.122. The maximum absolute atomic E-state index is 13.0. The van der Waals surface area contributed by atoms with E-state index in [4.69, 9.17) is 4.74 Å². The molecular formula is C16H23FN2O2. The number of hydrogen-bond acceptors (Lipinski definition) is 3. The molecule has 0 bridgehead atoms. The van der Waals surface area contributed by atoms with Gasteiger partial charge in [-0.3, -0.25) is 4.79 Å². The van der Waals surface area contributed by atoms with Crippen LogP contribution in [0.4, 0.5) is 4.39 Å². The van der Waals surface area contributed by atoms with E-state index in [1.165, 1.54) is 12.1 Å². The van der Waals surface area contributed by atoms with Crippen molar-refractivity contribution in [2.75, 3.05) is 26.8 Å². The molecule has 1 aliphatic rings. The van der Waals surface area contributed by atoms with Gasteiger partial charge in [0.1, 0.15) is 5.82 Å². The molecule has 1 saturated heterocycles. The fraction of sp³-hybridized carbons (Fsp3) is 0.562. The van der Waals surface area contributed by atoms with Gasteiger partial charge in [0.05, 0.1) is 12.6 Å². The first-order valence-corrected chi connectivity index (χ1v) is 7.43. The third-order valence-electron chi connectivity index (χ3n) is 3.88. The standard InChI is InChI=1S/C16H23FN2O2/c1-21-11-15(13-3-5-14(17)6-4-13)19-16(20)7-2-12-8-9-18-10-12/h3-6,12,15,18H,2,7-11H2,1H3,(H,19,20). The molecule has 0 saturated carbocycles. The van der Waals surface area contributed by atoms with Crippen molar-refractivity contribution in [2.45, 2.75) is 25.3 Å². The number of methoxy groups -OCH3 is 1. The lowest BCUT2D eigenvalue weighted by Gasteiger charge is -2.19. The minimum Gasteiger partial charge on any atom is -0.382 e. The fourth-order valence-electron chi connectivity index (χ4n) is 2.65. The summed E-state index contributed by atoms with van der Waals surface area (Å²) in [5, 5.41) is 6.27. The summed E-state index contributed by atoms with van der Waals surface area (Å²) in [7, 11) is 1.59. The monoisotopic (exact) mass is 294 g/mol. The van der Waals surface area contributed by atoms with Crippen molar-refractivity contribution in [3.63, 3.8) is 0 Å². The molecule has 1 amide bonds. The van der Waals surface area contributed by atoms with E-state index < -0.39 is 0 Å². The Morgan fingerprint density at radius 2 is 2.24 bits per heavy atom. The highest BCUT2D eigenvalue weighted by Gasteiger charge is 2.18. The number of ether oxygens (including phenoxy) is 1. The molecule has 5 heteroatoms. The van der Waals surface area contributed by atoms with Crippen LogP contribution in [-0.4, -0.2) is 32.7 Å². The average Bonchev–Trinajstić information content (AvgIpc) is 2.99. The summed E-state index contributed by atoms with van der Waals surface area (Å²) in [4.78, 5) is 12.1. The predicted molar refractivity (Wildman–Crippen MR) is 79.4 cm³/mol. The Labute approximate surface area is 125 Å². The largest absolute Gasteiger partial charge is 0.382 e. The molecule has 1 aliphatic heterocycles. The van der Waals surface area contributed by atoms with Crippen LogP contribution in [0.5, 0.6) is 0 Å². The second kappa shape index (κ2) is 8.10. The zero-order valence-electron chi connectivity index (χ0n) is 12.4. The molecule has 1 aromatic carbocycles. The minimum atomic E-state index is -0.282. The first-order chi connectivity index (χ1) is 10.2. The number of amides is 1. The first kappa shape index (κ1) is 15.9. The van der Waals surface area contributed by atoms with Crippen LogP contribution in [0.25, 0.3) is 0 Å². The summed E-state index contributed by atoms with van der Waals surface area (Å²) in [6.07, 6.45) is 2.57. The summed E-state index contributed by atoms with van der Waals surface area (Å²) >= 11 is 0. The summed E-state index contributed by atoms with van der Waals surface area (Å²) in [5.74, 6) is 0.339. The molecule has 2 unspecified atom stereocenters. The van der Waals surface area contributed by atoms with Crippen LogP contribution < -0.4 is 10.6 Å². The minimum absolute atomic E-state index is 0.0216. The van der Waals surface area contributed by atoms with Crippen LogP contribution in [0.1, 0.15) is 30.9 Å². The highest BCUT2D eigenvalue weighted by molar-refractivity contribution is 5.76. The van der Waals surface area contributed by atoms with E-state index in [-0.39, 0.29) is 17.8 Å². The topological polar surface area (TPSA) is 50.4 Å². The molecule has 0 spiro atoms. The molecule has 1 heterocycles. The van der Waals surface area contributed by atoms with Crippen molar-refractivity contribution in [3.05, 3.63) is 35.6 Å². The molecule has 2 rings (SSSR count). The number of halogens is 1. The first-order valence-electron chi connectivity index (χ1n) is 7.43. The Morgan fingerprint density at radius 3 is 2.86 bits per heavy atom. The Kier molecular flexibility index (Phi) is 6.14. The molecule has 2 atom stereocenters. The van der Waals surface area contributed by atoms with Gasteiger partial charge in [0, 0.05) is 13.5 Å². The van der Waals surface area contributed by atoms with Gasteiger partial charge in [-0.2, -0.15) is 0 Å². The third-order valence-corrected chi connectivity index (χ3v) is 3.88. The quantitative estimate of drug-likeness (QED) is 0.809. The van der Waals surface area contributed by atoms with E-state index in [1.54, 1.807) is 19.2 Å². The van der Waals surface area contributed by atoms with E-state index in [9.17, 15) is 9.18 Å². The van der Waals surface area contributed by atoms with Gasteiger partial charge in [-0.1, -0.05) is 12.1 Å². The van der Waals surface area contributed by atoms with Crippen molar-refractivity contribution < 1.29 is 13.9 Å². The molecule has 4 nitrogen and oxygen atoms in total. The van der Waals surface area contributed by atoms with Crippen LogP contribution in [-0.2, 0) is 9.53 Å². The van der Waals surface area contributed by atoms with Gasteiger partial charge in [0.2, 0.25) is 5.91 Å². The second-order valence-electron chi connectivity index (χ2n) is 5.52. The number of rotatable bonds is 7. The summed E-state index contributed by atoms with van der Waals surface area (Å²) in [6, 6.07) is 5.92. The average molecular weight is 294 g/mol. The summed E-state index contributed by atoms with van der Waals surface area (Å²) in [6.45, 7) is 2.43. The lowest BCUT2D eigenvalue weighted by Crippen LogP contribution is -2.31. The van der Waals surface area contributed by atoms with Gasteiger partial charge in [-0.05, 0) is 49.5 Å². The molecule has 116 valence electrons. The fourth-order valence-corrected chi connectivity index (χ4v) is 2.65. The molecule has 21 heavy (non-hydrogen) atoms. The molecule has 0 aromatic heterocycles. The molecule has 1 fully saturated rings. The Morgan fingerprint density at radius 1 is 1.48 bits per heavy atom. The normalized spacial score (nSPS) is 19.4. The van der Waals surface area contributed by atoms with Crippen molar-refractivity contribution in [2.24, 2.45) is 5.92 Å². The number of nitrogens with one attached hydrogen (secondary N) is 2. The number of carbonyl (C=O) groups excluding carboxylic acids is 1. The smallest absolute Gasteiger partial charge is 0.220 e. The van der Waals surface area contributed by atoms with Crippen LogP contribution in [0.15, 0.2) is 24.3 Å². The van der Waals surface area contributed by atoms with E-state index >= 15 is 0 Å². The highest BCUT2D eigenvalue weighted by Crippen LogP contribution is 2.17. The van der Waals surface area contributed by atoms with Crippen molar-refractivity contribution in [3.8, 4) is 0 Å².